The van der Waals surface area contributed by atoms with Crippen LogP contribution in [0.2, 0.25) is 5.02 Å². The maximum Gasteiger partial charge on any atom is 0.277 e. The van der Waals surface area contributed by atoms with Crippen molar-refractivity contribution >= 4 is 50.7 Å². The van der Waals surface area contributed by atoms with Gasteiger partial charge in [-0.15, -0.1) is 11.3 Å². The largest absolute Gasteiger partial charge is 0.341 e. The van der Waals surface area contributed by atoms with Crippen LogP contribution in [0.25, 0.3) is 15.9 Å². The van der Waals surface area contributed by atoms with E-state index in [2.05, 4.69) is 10.2 Å². The van der Waals surface area contributed by atoms with Gasteiger partial charge in [-0.2, -0.15) is 0 Å². The van der Waals surface area contributed by atoms with Crippen LogP contribution in [0.4, 0.5) is 11.6 Å². The van der Waals surface area contributed by atoms with Crippen molar-refractivity contribution in [1.82, 2.24) is 9.55 Å². The lowest BCUT2D eigenvalue weighted by Gasteiger charge is -2.34. The number of fused-ring (bicyclic) bond motifs is 1. The zero-order valence-electron chi connectivity index (χ0n) is 19.0. The summed E-state index contributed by atoms with van der Waals surface area (Å²) in [6.45, 7) is 5.16. The first-order valence-electron chi connectivity index (χ1n) is 11.3. The van der Waals surface area contributed by atoms with E-state index >= 15 is 0 Å². The summed E-state index contributed by atoms with van der Waals surface area (Å²) >= 11 is 7.63. The third-order valence-electron chi connectivity index (χ3n) is 6.27. The molecule has 6 nitrogen and oxygen atoms in total. The Hall–Kier alpha value is -3.16. The molecule has 0 saturated carbocycles. The number of hydrogen-bond donors (Lipinski definition) is 1. The lowest BCUT2D eigenvalue weighted by Crippen LogP contribution is -2.43. The van der Waals surface area contributed by atoms with Gasteiger partial charge in [0.15, 0.2) is 0 Å². The standard InChI is InChI=1S/C26H25ClN4O2S/c1-16-5-9-20(10-6-16)31-25(33)23-22(11-13-34-23)29-26(31)30-12-3-4-18(15-30)24(32)28-19-8-7-17(2)21(27)14-19/h5-11,13-14,18H,3-4,12,15H2,1-2H3,(H,28,32). The van der Waals surface area contributed by atoms with Gasteiger partial charge >= 0.3 is 0 Å². The molecule has 1 aliphatic heterocycles. The highest BCUT2D eigenvalue weighted by Crippen LogP contribution is 2.28. The van der Waals surface area contributed by atoms with Crippen LogP contribution in [0.1, 0.15) is 24.0 Å². The molecule has 0 spiro atoms. The summed E-state index contributed by atoms with van der Waals surface area (Å²) in [6, 6.07) is 15.3. The number of rotatable bonds is 4. The number of benzene rings is 2. The molecule has 1 N–H and O–H groups in total. The molecule has 1 unspecified atom stereocenters. The van der Waals surface area contributed by atoms with Crippen molar-refractivity contribution < 1.29 is 4.79 Å². The zero-order chi connectivity index (χ0) is 23.8. The molecule has 174 valence electrons. The van der Waals surface area contributed by atoms with Crippen molar-refractivity contribution in [2.24, 2.45) is 5.92 Å². The molecule has 1 aliphatic rings. The Balaban J connectivity index is 1.47. The monoisotopic (exact) mass is 492 g/mol. The molecule has 1 atom stereocenters. The molecule has 1 fully saturated rings. The number of aromatic nitrogens is 2. The number of hydrogen-bond acceptors (Lipinski definition) is 5. The van der Waals surface area contributed by atoms with Gasteiger partial charge in [0.2, 0.25) is 11.9 Å². The van der Waals surface area contributed by atoms with Crippen molar-refractivity contribution in [3.63, 3.8) is 0 Å². The van der Waals surface area contributed by atoms with Gasteiger partial charge in [0.25, 0.3) is 5.56 Å². The molecule has 4 aromatic rings. The van der Waals surface area contributed by atoms with Crippen LogP contribution >= 0.6 is 22.9 Å². The van der Waals surface area contributed by atoms with E-state index in [0.717, 1.165) is 36.2 Å². The molecule has 34 heavy (non-hydrogen) atoms. The van der Waals surface area contributed by atoms with Crippen LogP contribution in [0.5, 0.6) is 0 Å². The maximum atomic E-state index is 13.5. The summed E-state index contributed by atoms with van der Waals surface area (Å²) < 4.78 is 2.31. The Morgan fingerprint density at radius 2 is 1.94 bits per heavy atom. The smallest absolute Gasteiger partial charge is 0.277 e. The average Bonchev–Trinajstić information content (AvgIpc) is 3.31. The summed E-state index contributed by atoms with van der Waals surface area (Å²) in [4.78, 5) is 33.5. The quantitative estimate of drug-likeness (QED) is 0.404. The predicted molar refractivity (Wildman–Crippen MR) is 140 cm³/mol. The zero-order valence-corrected chi connectivity index (χ0v) is 20.6. The number of nitrogens with zero attached hydrogens (tertiary/aromatic N) is 3. The van der Waals surface area contributed by atoms with Crippen LogP contribution in [0.15, 0.2) is 58.7 Å². The fourth-order valence-corrected chi connectivity index (χ4v) is 5.27. The third kappa shape index (κ3) is 4.33. The Bertz CT molecular complexity index is 1430. The molecule has 2 aromatic carbocycles. The second kappa shape index (κ2) is 9.24. The van der Waals surface area contributed by atoms with Gasteiger partial charge in [0.1, 0.15) is 4.70 Å². The van der Waals surface area contributed by atoms with Gasteiger partial charge in [-0.3, -0.25) is 9.59 Å². The Morgan fingerprint density at radius 3 is 2.71 bits per heavy atom. The normalized spacial score (nSPS) is 16.1. The predicted octanol–water partition coefficient (Wildman–Crippen LogP) is 5.57. The minimum atomic E-state index is -0.227. The molecule has 0 radical (unpaired) electrons. The first kappa shape index (κ1) is 22.6. The van der Waals surface area contributed by atoms with Crippen molar-refractivity contribution in [3.05, 3.63) is 80.4 Å². The van der Waals surface area contributed by atoms with E-state index in [1.165, 1.54) is 11.3 Å². The number of piperidine rings is 1. The van der Waals surface area contributed by atoms with Crippen LogP contribution in [0, 0.1) is 19.8 Å². The van der Waals surface area contributed by atoms with Crippen LogP contribution < -0.4 is 15.8 Å². The van der Waals surface area contributed by atoms with Crippen LogP contribution in [0.3, 0.4) is 0 Å². The second-order valence-electron chi connectivity index (χ2n) is 8.76. The topological polar surface area (TPSA) is 67.2 Å². The van der Waals surface area contributed by atoms with Gasteiger partial charge < -0.3 is 10.2 Å². The third-order valence-corrected chi connectivity index (χ3v) is 7.57. The number of thiophene rings is 1. The van der Waals surface area contributed by atoms with Crippen molar-refractivity contribution in [2.75, 3.05) is 23.3 Å². The molecule has 8 heteroatoms. The van der Waals surface area contributed by atoms with E-state index < -0.39 is 0 Å². The Labute approximate surface area is 206 Å². The summed E-state index contributed by atoms with van der Waals surface area (Å²) in [6.07, 6.45) is 1.61. The summed E-state index contributed by atoms with van der Waals surface area (Å²) in [5, 5.41) is 5.52. The number of halogens is 1. The number of amides is 1. The molecule has 2 aromatic heterocycles. The number of carbonyl (C=O) groups excluding carboxylic acids is 1. The fraction of sp³-hybridized carbons (Fsp3) is 0.269. The Kier molecular flexibility index (Phi) is 6.15. The Morgan fingerprint density at radius 1 is 1.15 bits per heavy atom. The molecule has 0 bridgehead atoms. The number of anilines is 2. The molecule has 1 amide bonds. The van der Waals surface area contributed by atoms with E-state index in [-0.39, 0.29) is 17.4 Å². The molecule has 0 aliphatic carbocycles. The van der Waals surface area contributed by atoms with Gasteiger partial charge in [0, 0.05) is 23.8 Å². The van der Waals surface area contributed by atoms with Crippen molar-refractivity contribution in [2.45, 2.75) is 26.7 Å². The summed E-state index contributed by atoms with van der Waals surface area (Å²) in [7, 11) is 0. The van der Waals surface area contributed by atoms with E-state index in [1.54, 1.807) is 10.6 Å². The van der Waals surface area contributed by atoms with Crippen molar-refractivity contribution in [3.8, 4) is 5.69 Å². The van der Waals surface area contributed by atoms with Gasteiger partial charge in [-0.25, -0.2) is 9.55 Å². The molecule has 3 heterocycles. The minimum Gasteiger partial charge on any atom is -0.341 e. The molecular formula is C26H25ClN4O2S. The maximum absolute atomic E-state index is 13.5. The number of nitrogens with one attached hydrogen (secondary N) is 1. The minimum absolute atomic E-state index is 0.0505. The van der Waals surface area contributed by atoms with Crippen LogP contribution in [-0.4, -0.2) is 28.5 Å². The molecular weight excluding hydrogens is 468 g/mol. The lowest BCUT2D eigenvalue weighted by atomic mass is 9.97. The van der Waals surface area contributed by atoms with Gasteiger partial charge in [-0.05, 0) is 68.0 Å². The highest BCUT2D eigenvalue weighted by Gasteiger charge is 2.29. The highest BCUT2D eigenvalue weighted by atomic mass is 35.5. The second-order valence-corrected chi connectivity index (χ2v) is 10.1. The van der Waals surface area contributed by atoms with E-state index in [9.17, 15) is 9.59 Å². The first-order chi connectivity index (χ1) is 16.4. The van der Waals surface area contributed by atoms with Crippen molar-refractivity contribution in [1.29, 1.82) is 0 Å². The number of aryl methyl sites for hydroxylation is 2. The lowest BCUT2D eigenvalue weighted by molar-refractivity contribution is -0.120. The van der Waals surface area contributed by atoms with E-state index in [4.69, 9.17) is 16.6 Å². The van der Waals surface area contributed by atoms with Gasteiger partial charge in [0.05, 0.1) is 17.1 Å². The fourth-order valence-electron chi connectivity index (χ4n) is 4.33. The molecule has 1 saturated heterocycles. The summed E-state index contributed by atoms with van der Waals surface area (Å²) in [5.74, 6) is 0.302. The SMILES string of the molecule is Cc1ccc(-n2c(N3CCCC(C(=O)Nc4ccc(C)c(Cl)c4)C3)nc3ccsc3c2=O)cc1. The highest BCUT2D eigenvalue weighted by molar-refractivity contribution is 7.17. The number of carbonyl (C=O) groups is 1. The van der Waals surface area contributed by atoms with Crippen LogP contribution in [-0.2, 0) is 4.79 Å². The van der Waals surface area contributed by atoms with E-state index in [1.807, 2.05) is 61.7 Å². The van der Waals surface area contributed by atoms with Gasteiger partial charge in [-0.1, -0.05) is 35.4 Å². The van der Waals surface area contributed by atoms with E-state index in [0.29, 0.717) is 33.4 Å². The first-order valence-corrected chi connectivity index (χ1v) is 12.6. The summed E-state index contributed by atoms with van der Waals surface area (Å²) in [5.41, 5.74) is 4.15. The average molecular weight is 493 g/mol. The molecule has 5 rings (SSSR count).